The fourth-order valence-electron chi connectivity index (χ4n) is 2.55. The topological polar surface area (TPSA) is 142 Å². The van der Waals surface area contributed by atoms with Crippen LogP contribution in [0.3, 0.4) is 0 Å². The van der Waals surface area contributed by atoms with Crippen molar-refractivity contribution in [2.45, 2.75) is 38.7 Å². The Kier molecular flexibility index (Phi) is 4.91. The molecular weight excluding hydrogens is 398 g/mol. The van der Waals surface area contributed by atoms with Crippen LogP contribution in [0.4, 0.5) is 5.95 Å². The Morgan fingerprint density at radius 2 is 2.28 bits per heavy atom. The van der Waals surface area contributed by atoms with E-state index in [2.05, 4.69) is 36.3 Å². The molecule has 25 heavy (non-hydrogen) atoms. The Labute approximate surface area is 150 Å². The number of aromatic amines is 1. The second-order valence-corrected chi connectivity index (χ2v) is 6.86. The molecule has 136 valence electrons. The van der Waals surface area contributed by atoms with Gasteiger partial charge in [0.25, 0.3) is 5.56 Å². The Morgan fingerprint density at radius 1 is 1.56 bits per heavy atom. The molecule has 0 aromatic carbocycles. The number of aromatic nitrogens is 4. The predicted molar refractivity (Wildman–Crippen MR) is 90.9 cm³/mol. The first kappa shape index (κ1) is 18.0. The number of fused-ring (bicyclic) bond motifs is 1. The molecule has 1 fully saturated rings. The summed E-state index contributed by atoms with van der Waals surface area (Å²) in [4.78, 5) is 30.9. The van der Waals surface area contributed by atoms with E-state index in [1.54, 1.807) is 13.8 Å². The first-order valence-electron chi connectivity index (χ1n) is 7.75. The van der Waals surface area contributed by atoms with Crippen molar-refractivity contribution >= 4 is 38.8 Å². The fraction of sp³-hybridized carbons (Fsp3) is 0.571. The number of anilines is 1. The van der Waals surface area contributed by atoms with Crippen molar-refractivity contribution in [1.82, 2.24) is 19.7 Å². The lowest BCUT2D eigenvalue weighted by Gasteiger charge is -2.13. The van der Waals surface area contributed by atoms with E-state index >= 15 is 0 Å². The summed E-state index contributed by atoms with van der Waals surface area (Å²) in [5.74, 6) is -0.570. The van der Waals surface area contributed by atoms with E-state index in [-0.39, 0.29) is 46.4 Å². The summed E-state index contributed by atoms with van der Waals surface area (Å²) in [5, 5.41) is 26.1. The zero-order valence-corrected chi connectivity index (χ0v) is 15.1. The Bertz CT molecular complexity index is 863. The van der Waals surface area contributed by atoms with Gasteiger partial charge in [-0.25, -0.2) is 4.68 Å². The summed E-state index contributed by atoms with van der Waals surface area (Å²) < 4.78 is 7.20. The highest BCUT2D eigenvalue weighted by atomic mass is 79.9. The van der Waals surface area contributed by atoms with Gasteiger partial charge in [-0.2, -0.15) is 10.1 Å². The number of carbonyl (C=O) groups excluding carboxylic acids is 1. The molecule has 2 aromatic heterocycles. The average molecular weight is 416 g/mol. The molecule has 1 amide bonds. The van der Waals surface area contributed by atoms with E-state index in [1.165, 1.54) is 4.68 Å². The maximum absolute atomic E-state index is 12.3. The molecule has 2 aromatic rings. The van der Waals surface area contributed by atoms with Gasteiger partial charge in [-0.3, -0.25) is 19.9 Å². The van der Waals surface area contributed by atoms with Gasteiger partial charge < -0.3 is 14.9 Å². The molecule has 0 radical (unpaired) electrons. The smallest absolute Gasteiger partial charge is 0.264 e. The summed E-state index contributed by atoms with van der Waals surface area (Å²) in [6.07, 6.45) is -2.08. The third kappa shape index (κ3) is 3.32. The van der Waals surface area contributed by atoms with Gasteiger partial charge in [-0.1, -0.05) is 13.8 Å². The van der Waals surface area contributed by atoms with Gasteiger partial charge in [0.05, 0.1) is 12.7 Å². The van der Waals surface area contributed by atoms with Crippen LogP contribution in [-0.4, -0.2) is 54.7 Å². The zero-order valence-electron chi connectivity index (χ0n) is 13.6. The SMILES string of the molecule is CC(C)C(=O)Nc1nc2c(c(Br)nn2[C@H]2C[C@H](O)[C@@H](CO)O2)c(=O)[nH]1. The predicted octanol–water partition coefficient (Wildman–Crippen LogP) is 0.117. The molecule has 3 heterocycles. The van der Waals surface area contributed by atoms with Crippen LogP contribution in [0.2, 0.25) is 0 Å². The highest BCUT2D eigenvalue weighted by Crippen LogP contribution is 2.31. The first-order valence-corrected chi connectivity index (χ1v) is 8.54. The minimum absolute atomic E-state index is 0.00195. The number of nitrogens with one attached hydrogen (secondary N) is 2. The Balaban J connectivity index is 2.04. The van der Waals surface area contributed by atoms with E-state index in [9.17, 15) is 19.8 Å². The molecule has 11 heteroatoms. The maximum atomic E-state index is 12.3. The Morgan fingerprint density at radius 3 is 2.88 bits per heavy atom. The number of halogens is 1. The number of H-pyrrole nitrogens is 1. The van der Waals surface area contributed by atoms with Gasteiger partial charge in [0.2, 0.25) is 11.9 Å². The lowest BCUT2D eigenvalue weighted by Crippen LogP contribution is -2.24. The van der Waals surface area contributed by atoms with Crippen molar-refractivity contribution in [2.75, 3.05) is 11.9 Å². The van der Waals surface area contributed by atoms with Crippen LogP contribution in [0.15, 0.2) is 9.40 Å². The molecule has 1 aliphatic rings. The molecule has 3 atom stereocenters. The van der Waals surface area contributed by atoms with E-state index in [1.807, 2.05) is 0 Å². The normalized spacial score (nSPS) is 23.5. The summed E-state index contributed by atoms with van der Waals surface area (Å²) >= 11 is 3.21. The molecule has 4 N–H and O–H groups in total. The monoisotopic (exact) mass is 415 g/mol. The fourth-order valence-corrected chi connectivity index (χ4v) is 3.08. The van der Waals surface area contributed by atoms with Crippen LogP contribution in [-0.2, 0) is 9.53 Å². The number of amides is 1. The third-order valence-corrected chi connectivity index (χ3v) is 4.50. The molecule has 1 saturated heterocycles. The molecule has 0 bridgehead atoms. The van der Waals surface area contributed by atoms with Crippen LogP contribution in [0, 0.1) is 5.92 Å². The molecule has 1 aliphatic heterocycles. The number of hydrogen-bond acceptors (Lipinski definition) is 7. The number of rotatable bonds is 4. The van der Waals surface area contributed by atoms with Crippen molar-refractivity contribution in [3.8, 4) is 0 Å². The lowest BCUT2D eigenvalue weighted by molar-refractivity contribution is -0.118. The van der Waals surface area contributed by atoms with Gasteiger partial charge in [-0.15, -0.1) is 0 Å². The number of hydrogen-bond donors (Lipinski definition) is 4. The van der Waals surface area contributed by atoms with E-state index in [4.69, 9.17) is 4.74 Å². The minimum Gasteiger partial charge on any atom is -0.394 e. The van der Waals surface area contributed by atoms with Crippen LogP contribution < -0.4 is 10.9 Å². The van der Waals surface area contributed by atoms with Crippen molar-refractivity contribution in [3.05, 3.63) is 15.0 Å². The van der Waals surface area contributed by atoms with E-state index in [0.29, 0.717) is 0 Å². The molecule has 10 nitrogen and oxygen atoms in total. The molecule has 0 spiro atoms. The van der Waals surface area contributed by atoms with Crippen molar-refractivity contribution < 1.29 is 19.7 Å². The highest BCUT2D eigenvalue weighted by molar-refractivity contribution is 9.10. The van der Waals surface area contributed by atoms with Gasteiger partial charge in [-0.05, 0) is 15.9 Å². The number of carbonyl (C=O) groups is 1. The number of nitrogens with zero attached hydrogens (tertiary/aromatic N) is 3. The minimum atomic E-state index is -0.852. The van der Waals surface area contributed by atoms with Crippen molar-refractivity contribution in [3.63, 3.8) is 0 Å². The standard InChI is InChI=1S/C14H18BrN5O5/c1-5(2)12(23)17-14-16-11-9(13(24)18-14)10(15)19-20(11)8-3-6(22)7(4-21)25-8/h5-8,21-22H,3-4H2,1-2H3,(H2,16,17,18,23,24)/t6-,7+,8+/m0/s1. The van der Waals surface area contributed by atoms with E-state index in [0.717, 1.165) is 0 Å². The van der Waals surface area contributed by atoms with Crippen LogP contribution in [0.5, 0.6) is 0 Å². The van der Waals surface area contributed by atoms with Gasteiger partial charge in [0.15, 0.2) is 11.9 Å². The van der Waals surface area contributed by atoms with Crippen LogP contribution in [0.25, 0.3) is 11.0 Å². The van der Waals surface area contributed by atoms with Crippen LogP contribution in [0.1, 0.15) is 26.5 Å². The third-order valence-electron chi connectivity index (χ3n) is 3.94. The number of aliphatic hydroxyl groups excluding tert-OH is 2. The lowest BCUT2D eigenvalue weighted by atomic mass is 10.2. The van der Waals surface area contributed by atoms with Gasteiger partial charge >= 0.3 is 0 Å². The highest BCUT2D eigenvalue weighted by Gasteiger charge is 2.36. The molecular formula is C14H18BrN5O5. The second kappa shape index (κ2) is 6.83. The number of ether oxygens (including phenoxy) is 1. The summed E-state index contributed by atoms with van der Waals surface area (Å²) in [6, 6.07) is 0. The van der Waals surface area contributed by atoms with Gasteiger partial charge in [0.1, 0.15) is 16.1 Å². The molecule has 3 rings (SSSR count). The molecule has 0 unspecified atom stereocenters. The van der Waals surface area contributed by atoms with Crippen molar-refractivity contribution in [2.24, 2.45) is 5.92 Å². The van der Waals surface area contributed by atoms with E-state index < -0.39 is 24.0 Å². The number of aliphatic hydroxyl groups is 2. The van der Waals surface area contributed by atoms with Crippen LogP contribution >= 0.6 is 15.9 Å². The summed E-state index contributed by atoms with van der Waals surface area (Å²) in [6.45, 7) is 3.10. The second-order valence-electron chi connectivity index (χ2n) is 6.11. The average Bonchev–Trinajstić information content (AvgIpc) is 3.07. The molecule has 0 aliphatic carbocycles. The summed E-state index contributed by atoms with van der Waals surface area (Å²) in [5.41, 5.74) is -0.273. The Hall–Kier alpha value is -1.82. The van der Waals surface area contributed by atoms with Gasteiger partial charge in [0, 0.05) is 12.3 Å². The quantitative estimate of drug-likeness (QED) is 0.555. The first-order chi connectivity index (χ1) is 11.8. The maximum Gasteiger partial charge on any atom is 0.264 e. The summed E-state index contributed by atoms with van der Waals surface area (Å²) in [7, 11) is 0. The van der Waals surface area contributed by atoms with Crippen molar-refractivity contribution in [1.29, 1.82) is 0 Å². The zero-order chi connectivity index (χ0) is 18.3. The largest absolute Gasteiger partial charge is 0.394 e. The molecule has 0 saturated carbocycles.